The van der Waals surface area contributed by atoms with Crippen molar-refractivity contribution >= 4 is 17.7 Å². The lowest BCUT2D eigenvalue weighted by atomic mass is 10.2. The number of imidazole rings is 1. The van der Waals surface area contributed by atoms with Gasteiger partial charge in [-0.15, -0.1) is 13.2 Å². The minimum atomic E-state index is -4.80. The van der Waals surface area contributed by atoms with Crippen LogP contribution >= 0.6 is 0 Å². The van der Waals surface area contributed by atoms with Crippen molar-refractivity contribution in [1.82, 2.24) is 9.55 Å². The lowest BCUT2D eigenvalue weighted by Gasteiger charge is -2.11. The molecule has 0 aliphatic rings. The van der Waals surface area contributed by atoms with Crippen molar-refractivity contribution in [3.63, 3.8) is 0 Å². The molecule has 1 heterocycles. The molecule has 1 N–H and O–H groups in total. The first-order valence-electron chi connectivity index (χ1n) is 8.71. The van der Waals surface area contributed by atoms with Gasteiger partial charge in [-0.25, -0.2) is 4.98 Å². The summed E-state index contributed by atoms with van der Waals surface area (Å²) in [4.78, 5) is 16.3. The monoisotopic (exact) mass is 401 g/mol. The number of para-hydroxylation sites is 1. The summed E-state index contributed by atoms with van der Waals surface area (Å²) in [5.41, 5.74) is 1.76. The summed E-state index contributed by atoms with van der Waals surface area (Å²) in [6.07, 6.45) is 1.24. The van der Waals surface area contributed by atoms with E-state index in [9.17, 15) is 18.0 Å². The maximum absolute atomic E-state index is 12.5. The van der Waals surface area contributed by atoms with E-state index in [0.717, 1.165) is 17.5 Å². The standard InChI is InChI=1S/C21H18F3N3O2/c1-15-25-12-13-27(15)14-16-6-9-18(10-7-16)26-20(28)11-8-17-4-2-3-5-19(17)29-21(22,23)24/h2-13H,14H2,1H3,(H,26,28)/b11-8+. The molecule has 0 radical (unpaired) electrons. The third-order valence-electron chi connectivity index (χ3n) is 4.06. The fourth-order valence-electron chi connectivity index (χ4n) is 2.65. The molecule has 0 aliphatic carbocycles. The maximum atomic E-state index is 12.5. The van der Waals surface area contributed by atoms with Gasteiger partial charge in [0.1, 0.15) is 11.6 Å². The number of halogens is 3. The molecule has 3 aromatic rings. The van der Waals surface area contributed by atoms with Crippen molar-refractivity contribution in [1.29, 1.82) is 0 Å². The summed E-state index contributed by atoms with van der Waals surface area (Å²) in [6, 6.07) is 12.9. The van der Waals surface area contributed by atoms with Crippen LogP contribution in [0, 0.1) is 6.92 Å². The Balaban J connectivity index is 1.62. The number of carbonyl (C=O) groups excluding carboxylic acids is 1. The Hall–Kier alpha value is -3.55. The van der Waals surface area contributed by atoms with Crippen LogP contribution < -0.4 is 10.1 Å². The van der Waals surface area contributed by atoms with E-state index in [2.05, 4.69) is 15.0 Å². The van der Waals surface area contributed by atoms with Gasteiger partial charge in [-0.05, 0) is 36.8 Å². The molecule has 0 bridgehead atoms. The number of nitrogens with zero attached hydrogens (tertiary/aromatic N) is 2. The highest BCUT2D eigenvalue weighted by atomic mass is 19.4. The minimum absolute atomic E-state index is 0.144. The molecule has 0 unspecified atom stereocenters. The number of nitrogens with one attached hydrogen (secondary N) is 1. The van der Waals surface area contributed by atoms with Crippen molar-refractivity contribution < 1.29 is 22.7 Å². The molecule has 29 heavy (non-hydrogen) atoms. The lowest BCUT2D eigenvalue weighted by Crippen LogP contribution is -2.17. The van der Waals surface area contributed by atoms with Crippen molar-refractivity contribution in [2.75, 3.05) is 5.32 Å². The van der Waals surface area contributed by atoms with Crippen molar-refractivity contribution in [3.05, 3.63) is 84.0 Å². The summed E-state index contributed by atoms with van der Waals surface area (Å²) in [7, 11) is 0. The largest absolute Gasteiger partial charge is 0.573 e. The Morgan fingerprint density at radius 1 is 1.17 bits per heavy atom. The van der Waals surface area contributed by atoms with E-state index in [1.54, 1.807) is 24.4 Å². The molecule has 2 aromatic carbocycles. The topological polar surface area (TPSA) is 56.2 Å². The number of aromatic nitrogens is 2. The summed E-state index contributed by atoms with van der Waals surface area (Å²) in [5, 5.41) is 2.67. The molecule has 1 aromatic heterocycles. The number of hydrogen-bond acceptors (Lipinski definition) is 3. The van der Waals surface area contributed by atoms with Gasteiger partial charge < -0.3 is 14.6 Å². The summed E-state index contributed by atoms with van der Waals surface area (Å²) in [5.74, 6) is 0.0653. The van der Waals surface area contributed by atoms with Gasteiger partial charge in [0.05, 0.1) is 0 Å². The third kappa shape index (κ3) is 5.97. The van der Waals surface area contributed by atoms with E-state index < -0.39 is 12.3 Å². The molecule has 0 saturated heterocycles. The third-order valence-corrected chi connectivity index (χ3v) is 4.06. The first-order valence-corrected chi connectivity index (χ1v) is 8.71. The highest BCUT2D eigenvalue weighted by Gasteiger charge is 2.31. The van der Waals surface area contributed by atoms with Gasteiger partial charge in [-0.3, -0.25) is 4.79 Å². The van der Waals surface area contributed by atoms with Crippen LogP contribution in [0.1, 0.15) is 17.0 Å². The average Bonchev–Trinajstić information content (AvgIpc) is 3.06. The highest BCUT2D eigenvalue weighted by Crippen LogP contribution is 2.27. The molecule has 0 spiro atoms. The Morgan fingerprint density at radius 3 is 2.55 bits per heavy atom. The van der Waals surface area contributed by atoms with Gasteiger partial charge >= 0.3 is 6.36 Å². The Labute approximate surface area is 165 Å². The smallest absolute Gasteiger partial charge is 0.405 e. The summed E-state index contributed by atoms with van der Waals surface area (Å²) < 4.78 is 43.3. The van der Waals surface area contributed by atoms with Crippen LogP contribution in [0.15, 0.2) is 67.0 Å². The number of carbonyl (C=O) groups is 1. The molecule has 8 heteroatoms. The zero-order valence-electron chi connectivity index (χ0n) is 15.5. The van der Waals surface area contributed by atoms with Gasteiger partial charge in [0.2, 0.25) is 5.91 Å². The zero-order chi connectivity index (χ0) is 20.9. The number of aryl methyl sites for hydroxylation is 1. The Morgan fingerprint density at radius 2 is 1.90 bits per heavy atom. The SMILES string of the molecule is Cc1nccn1Cc1ccc(NC(=O)/C=C/c2ccccc2OC(F)(F)F)cc1. The van der Waals surface area contributed by atoms with E-state index in [1.165, 1.54) is 24.3 Å². The quantitative estimate of drug-likeness (QED) is 0.604. The number of rotatable bonds is 6. The molecule has 1 amide bonds. The second-order valence-electron chi connectivity index (χ2n) is 6.21. The van der Waals surface area contributed by atoms with E-state index >= 15 is 0 Å². The number of benzene rings is 2. The van der Waals surface area contributed by atoms with Crippen LogP contribution in [0.2, 0.25) is 0 Å². The van der Waals surface area contributed by atoms with Crippen LogP contribution in [0.4, 0.5) is 18.9 Å². The number of alkyl halides is 3. The van der Waals surface area contributed by atoms with Crippen LogP contribution in [0.25, 0.3) is 6.08 Å². The number of ether oxygens (including phenoxy) is 1. The normalized spacial score (nSPS) is 11.6. The number of anilines is 1. The molecular weight excluding hydrogens is 383 g/mol. The van der Waals surface area contributed by atoms with Crippen LogP contribution in [-0.2, 0) is 11.3 Å². The molecular formula is C21H18F3N3O2. The van der Waals surface area contributed by atoms with E-state index in [0.29, 0.717) is 12.2 Å². The van der Waals surface area contributed by atoms with E-state index in [-0.39, 0.29) is 11.3 Å². The second-order valence-corrected chi connectivity index (χ2v) is 6.21. The second kappa shape index (κ2) is 8.64. The summed E-state index contributed by atoms with van der Waals surface area (Å²) >= 11 is 0. The molecule has 150 valence electrons. The minimum Gasteiger partial charge on any atom is -0.405 e. The molecule has 3 rings (SSSR count). The molecule has 0 atom stereocenters. The highest BCUT2D eigenvalue weighted by molar-refractivity contribution is 6.02. The van der Waals surface area contributed by atoms with Gasteiger partial charge in [-0.1, -0.05) is 30.3 Å². The van der Waals surface area contributed by atoms with Crippen molar-refractivity contribution in [2.45, 2.75) is 19.8 Å². The van der Waals surface area contributed by atoms with E-state index in [4.69, 9.17) is 0 Å². The fourth-order valence-corrected chi connectivity index (χ4v) is 2.65. The molecule has 5 nitrogen and oxygen atoms in total. The van der Waals surface area contributed by atoms with Crippen molar-refractivity contribution in [3.8, 4) is 5.75 Å². The number of amides is 1. The van der Waals surface area contributed by atoms with Crippen LogP contribution in [0.3, 0.4) is 0 Å². The zero-order valence-corrected chi connectivity index (χ0v) is 15.5. The average molecular weight is 401 g/mol. The predicted molar refractivity (Wildman–Crippen MR) is 103 cm³/mol. The predicted octanol–water partition coefficient (Wildman–Crippen LogP) is 4.79. The van der Waals surface area contributed by atoms with Gasteiger partial charge in [0, 0.05) is 36.3 Å². The number of hydrogen-bond donors (Lipinski definition) is 1. The van der Waals surface area contributed by atoms with Crippen molar-refractivity contribution in [2.24, 2.45) is 0 Å². The van der Waals surface area contributed by atoms with Gasteiger partial charge in [0.25, 0.3) is 0 Å². The van der Waals surface area contributed by atoms with Gasteiger partial charge in [0.15, 0.2) is 0 Å². The van der Waals surface area contributed by atoms with E-state index in [1.807, 2.05) is 29.8 Å². The first kappa shape index (κ1) is 20.2. The maximum Gasteiger partial charge on any atom is 0.573 e. The fraction of sp³-hybridized carbons (Fsp3) is 0.143. The molecule has 0 fully saturated rings. The lowest BCUT2D eigenvalue weighted by molar-refractivity contribution is -0.274. The molecule has 0 aliphatic heterocycles. The van der Waals surface area contributed by atoms with Gasteiger partial charge in [-0.2, -0.15) is 0 Å². The summed E-state index contributed by atoms with van der Waals surface area (Å²) in [6.45, 7) is 2.58. The van der Waals surface area contributed by atoms with Crippen LogP contribution in [0.5, 0.6) is 5.75 Å². The first-order chi connectivity index (χ1) is 13.8. The molecule has 0 saturated carbocycles. The Bertz CT molecular complexity index is 1010. The van der Waals surface area contributed by atoms with Crippen LogP contribution in [-0.4, -0.2) is 21.8 Å². The Kier molecular flexibility index (Phi) is 6.01.